The first-order valence-corrected chi connectivity index (χ1v) is 11.8. The lowest BCUT2D eigenvalue weighted by atomic mass is 9.87. The molecule has 1 aliphatic carbocycles. The summed E-state index contributed by atoms with van der Waals surface area (Å²) in [6.07, 6.45) is 6.79. The fourth-order valence-electron chi connectivity index (χ4n) is 4.44. The van der Waals surface area contributed by atoms with Crippen LogP contribution in [-0.4, -0.2) is 70.6 Å². The van der Waals surface area contributed by atoms with Crippen molar-refractivity contribution in [3.8, 4) is 17.0 Å². The first-order chi connectivity index (χ1) is 17.1. The maximum absolute atomic E-state index is 12.0. The van der Waals surface area contributed by atoms with E-state index in [9.17, 15) is 10.1 Å². The minimum atomic E-state index is -1.27. The van der Waals surface area contributed by atoms with Crippen molar-refractivity contribution in [2.45, 2.75) is 12.0 Å². The van der Waals surface area contributed by atoms with Crippen LogP contribution in [0, 0.1) is 10.1 Å². The number of allylic oxidation sites excluding steroid dienone is 1. The molecule has 0 saturated heterocycles. The number of halogens is 1. The van der Waals surface area contributed by atoms with Crippen LogP contribution in [0.4, 0.5) is 0 Å². The minimum Gasteiger partial charge on any atom is -0.495 e. The third kappa shape index (κ3) is 4.67. The predicted octanol–water partition coefficient (Wildman–Crippen LogP) is 3.39. The Morgan fingerprint density at radius 2 is 2.06 bits per heavy atom. The van der Waals surface area contributed by atoms with Gasteiger partial charge in [-0.1, -0.05) is 29.8 Å². The number of nitrogens with zero attached hydrogens (tertiary/aromatic N) is 6. The second kappa shape index (κ2) is 9.88. The van der Waals surface area contributed by atoms with E-state index in [4.69, 9.17) is 27.1 Å². The number of methoxy groups -OCH3 is 1. The number of nitro groups is 1. The molecule has 36 heavy (non-hydrogen) atoms. The van der Waals surface area contributed by atoms with Crippen molar-refractivity contribution >= 4 is 22.5 Å². The molecule has 0 fully saturated rings. The monoisotopic (exact) mass is 511 g/mol. The van der Waals surface area contributed by atoms with Crippen molar-refractivity contribution in [3.05, 3.63) is 75.1 Å². The van der Waals surface area contributed by atoms with Crippen LogP contribution in [-0.2, 0) is 12.6 Å². The Morgan fingerprint density at radius 1 is 1.31 bits per heavy atom. The zero-order valence-corrected chi connectivity index (χ0v) is 21.8. The predicted molar refractivity (Wildman–Crippen MR) is 140 cm³/mol. The average Bonchev–Trinajstić information content (AvgIpc) is 3.19. The van der Waals surface area contributed by atoms with E-state index in [1.54, 1.807) is 19.3 Å². The van der Waals surface area contributed by atoms with Crippen molar-refractivity contribution in [3.63, 3.8) is 0 Å². The van der Waals surface area contributed by atoms with Gasteiger partial charge in [-0.3, -0.25) is 10.1 Å². The van der Waals surface area contributed by atoms with E-state index in [1.165, 1.54) is 6.20 Å². The molecule has 4 rings (SSSR count). The van der Waals surface area contributed by atoms with Crippen LogP contribution in [0.15, 0.2) is 54.1 Å². The van der Waals surface area contributed by atoms with E-state index in [0.29, 0.717) is 23.0 Å². The number of nitrogens with two attached hydrogens (primary N) is 1. The normalized spacial score (nSPS) is 17.8. The summed E-state index contributed by atoms with van der Waals surface area (Å²) >= 11 is 6.55. The van der Waals surface area contributed by atoms with E-state index in [-0.39, 0.29) is 22.9 Å². The van der Waals surface area contributed by atoms with Crippen LogP contribution in [0.25, 0.3) is 22.2 Å². The molecular formula is C25H30ClN7O3. The Bertz CT molecular complexity index is 1380. The molecule has 190 valence electrons. The Morgan fingerprint density at radius 3 is 2.72 bits per heavy atom. The van der Waals surface area contributed by atoms with Gasteiger partial charge in [0.2, 0.25) is 0 Å². The summed E-state index contributed by atoms with van der Waals surface area (Å²) in [6.45, 7) is 1.39. The number of aryl methyl sites for hydroxylation is 1. The molecule has 11 heteroatoms. The van der Waals surface area contributed by atoms with Gasteiger partial charge < -0.3 is 24.8 Å². The maximum atomic E-state index is 12.0. The van der Waals surface area contributed by atoms with Crippen LogP contribution < -0.4 is 10.5 Å². The molecule has 10 nitrogen and oxygen atoms in total. The van der Waals surface area contributed by atoms with Gasteiger partial charge in [-0.15, -0.1) is 0 Å². The third-order valence-electron chi connectivity index (χ3n) is 6.41. The zero-order valence-electron chi connectivity index (χ0n) is 21.0. The Balaban J connectivity index is 1.75. The summed E-state index contributed by atoms with van der Waals surface area (Å²) in [4.78, 5) is 24.7. The summed E-state index contributed by atoms with van der Waals surface area (Å²) < 4.78 is 7.47. The zero-order chi connectivity index (χ0) is 26.2. The van der Waals surface area contributed by atoms with Crippen LogP contribution in [0.5, 0.6) is 5.75 Å². The molecular weight excluding hydrogens is 482 g/mol. The summed E-state index contributed by atoms with van der Waals surface area (Å²) in [7, 11) is 9.29. The molecule has 0 bridgehead atoms. The molecule has 0 spiro atoms. The van der Waals surface area contributed by atoms with Crippen molar-refractivity contribution in [2.75, 3.05) is 41.3 Å². The highest BCUT2D eigenvalue weighted by Gasteiger charge is 2.39. The summed E-state index contributed by atoms with van der Waals surface area (Å²) in [5, 5.41) is 13.3. The van der Waals surface area contributed by atoms with Gasteiger partial charge in [-0.2, -0.15) is 0 Å². The van der Waals surface area contributed by atoms with E-state index in [1.807, 2.05) is 67.0 Å². The summed E-state index contributed by atoms with van der Waals surface area (Å²) in [6, 6.07) is 5.75. The van der Waals surface area contributed by atoms with Gasteiger partial charge in [0, 0.05) is 50.5 Å². The maximum Gasteiger partial charge on any atom is 0.271 e. The SMILES string of the molecule is COc1cccc2c(-c3nc(C4(N)C=CC(N(C)CCN(C)C)=C([N+](=O)[O-])C4)ncc3Cl)cn(C)c12. The van der Waals surface area contributed by atoms with Gasteiger partial charge in [-0.05, 0) is 26.2 Å². The number of aromatic nitrogens is 3. The lowest BCUT2D eigenvalue weighted by molar-refractivity contribution is -0.431. The average molecular weight is 512 g/mol. The van der Waals surface area contributed by atoms with E-state index in [0.717, 1.165) is 28.8 Å². The number of ether oxygens (including phenoxy) is 1. The van der Waals surface area contributed by atoms with Gasteiger partial charge in [-0.25, -0.2) is 9.97 Å². The third-order valence-corrected chi connectivity index (χ3v) is 6.69. The van der Waals surface area contributed by atoms with E-state index >= 15 is 0 Å². The summed E-state index contributed by atoms with van der Waals surface area (Å²) in [5.74, 6) is 0.983. The molecule has 1 aromatic carbocycles. The largest absolute Gasteiger partial charge is 0.495 e. The van der Waals surface area contributed by atoms with Crippen molar-refractivity contribution in [2.24, 2.45) is 12.8 Å². The number of benzene rings is 1. The molecule has 1 unspecified atom stereocenters. The molecule has 0 radical (unpaired) electrons. The fraction of sp³-hybridized carbons (Fsp3) is 0.360. The Kier molecular flexibility index (Phi) is 7.03. The molecule has 0 amide bonds. The number of hydrogen-bond donors (Lipinski definition) is 1. The van der Waals surface area contributed by atoms with Gasteiger partial charge in [0.25, 0.3) is 5.70 Å². The standard InChI is InChI=1S/C25H30ClN7O3/c1-30(2)11-12-31(3)19-9-10-25(27,13-20(19)33(34)35)24-28-14-18(26)22(29-24)17-15-32(4)23-16(17)7-6-8-21(23)36-5/h6-10,14-15H,11-13,27H2,1-5H3. The minimum absolute atomic E-state index is 0.0243. The van der Waals surface area contributed by atoms with Crippen molar-refractivity contribution < 1.29 is 9.66 Å². The Labute approximate surface area is 214 Å². The number of likely N-dealkylation sites (N-methyl/N-ethyl adjacent to an activating group) is 2. The molecule has 1 atom stereocenters. The smallest absolute Gasteiger partial charge is 0.271 e. The molecule has 0 aliphatic heterocycles. The molecule has 3 aromatic rings. The lowest BCUT2D eigenvalue weighted by Gasteiger charge is -2.30. The van der Waals surface area contributed by atoms with Crippen molar-refractivity contribution in [1.82, 2.24) is 24.3 Å². The second-order valence-corrected chi connectivity index (χ2v) is 9.67. The Hall–Kier alpha value is -3.47. The van der Waals surface area contributed by atoms with Crippen LogP contribution in [0.2, 0.25) is 5.02 Å². The van der Waals surface area contributed by atoms with Crippen molar-refractivity contribution in [1.29, 1.82) is 0 Å². The van der Waals surface area contributed by atoms with Gasteiger partial charge in [0.1, 0.15) is 17.0 Å². The van der Waals surface area contributed by atoms with Gasteiger partial charge in [0.05, 0.1) is 34.7 Å². The summed E-state index contributed by atoms with van der Waals surface area (Å²) in [5.41, 5.74) is 8.18. The highest BCUT2D eigenvalue weighted by Crippen LogP contribution is 2.39. The lowest BCUT2D eigenvalue weighted by Crippen LogP contribution is -2.41. The number of rotatable bonds is 8. The quantitative estimate of drug-likeness (QED) is 0.361. The highest BCUT2D eigenvalue weighted by atomic mass is 35.5. The number of para-hydroxylation sites is 1. The number of hydrogen-bond acceptors (Lipinski definition) is 8. The van der Waals surface area contributed by atoms with E-state index in [2.05, 4.69) is 4.98 Å². The topological polar surface area (TPSA) is 116 Å². The molecule has 2 N–H and O–H groups in total. The molecule has 2 heterocycles. The van der Waals surface area contributed by atoms with Gasteiger partial charge in [0.15, 0.2) is 5.82 Å². The van der Waals surface area contributed by atoms with Gasteiger partial charge >= 0.3 is 0 Å². The number of fused-ring (bicyclic) bond motifs is 1. The van der Waals surface area contributed by atoms with E-state index < -0.39 is 5.54 Å². The van der Waals surface area contributed by atoms with Crippen LogP contribution in [0.3, 0.4) is 0 Å². The molecule has 0 saturated carbocycles. The molecule has 1 aliphatic rings. The highest BCUT2D eigenvalue weighted by molar-refractivity contribution is 6.33. The van der Waals surface area contributed by atoms with Crippen LogP contribution >= 0.6 is 11.6 Å². The first-order valence-electron chi connectivity index (χ1n) is 11.4. The molecule has 2 aromatic heterocycles. The fourth-order valence-corrected chi connectivity index (χ4v) is 4.64. The van der Waals surface area contributed by atoms with Crippen LogP contribution in [0.1, 0.15) is 12.2 Å². The first kappa shape index (κ1) is 25.6. The second-order valence-electron chi connectivity index (χ2n) is 9.26.